The average Bonchev–Trinajstić information content (AvgIpc) is 2.71. The van der Waals surface area contributed by atoms with Crippen LogP contribution in [0, 0.1) is 0 Å². The van der Waals surface area contributed by atoms with Crippen LogP contribution >= 0.6 is 11.8 Å². The van der Waals surface area contributed by atoms with Gasteiger partial charge in [0.25, 0.3) is 0 Å². The minimum absolute atomic E-state index is 1.07. The van der Waals surface area contributed by atoms with Crippen molar-refractivity contribution in [3.05, 3.63) is 17.3 Å². The maximum atomic E-state index is 4.41. The second-order valence-electron chi connectivity index (χ2n) is 3.21. The van der Waals surface area contributed by atoms with Gasteiger partial charge in [-0.2, -0.15) is 0 Å². The minimum atomic E-state index is 1.07. The fraction of sp³-hybridized carbons (Fsp3) is 0.444. The largest absolute Gasteiger partial charge is 0.369 e. The second-order valence-corrected chi connectivity index (χ2v) is 4.32. The van der Waals surface area contributed by atoms with Gasteiger partial charge in [0.15, 0.2) is 0 Å². The van der Waals surface area contributed by atoms with Crippen LogP contribution in [0.4, 0.5) is 5.82 Å². The van der Waals surface area contributed by atoms with E-state index in [1.165, 1.54) is 34.6 Å². The highest BCUT2D eigenvalue weighted by molar-refractivity contribution is 7.99. The van der Waals surface area contributed by atoms with Crippen molar-refractivity contribution in [3.63, 3.8) is 0 Å². The van der Waals surface area contributed by atoms with E-state index < -0.39 is 0 Å². The molecule has 0 spiro atoms. The SMILES string of the molecule is c1nc2c(c3c1CCS3)CCN2. The van der Waals surface area contributed by atoms with Crippen molar-refractivity contribution in [3.8, 4) is 0 Å². The lowest BCUT2D eigenvalue weighted by molar-refractivity contribution is 1.04. The van der Waals surface area contributed by atoms with Crippen molar-refractivity contribution in [2.75, 3.05) is 17.6 Å². The summed E-state index contributed by atoms with van der Waals surface area (Å²) in [6.45, 7) is 1.07. The molecule has 0 radical (unpaired) electrons. The van der Waals surface area contributed by atoms with Crippen LogP contribution in [0.1, 0.15) is 11.1 Å². The molecule has 2 aliphatic heterocycles. The fourth-order valence-electron chi connectivity index (χ4n) is 1.89. The molecule has 1 aromatic rings. The topological polar surface area (TPSA) is 24.9 Å². The first kappa shape index (κ1) is 6.78. The van der Waals surface area contributed by atoms with Gasteiger partial charge in [-0.05, 0) is 18.4 Å². The Morgan fingerprint density at radius 1 is 1.42 bits per heavy atom. The summed E-state index contributed by atoms with van der Waals surface area (Å²) in [4.78, 5) is 5.92. The lowest BCUT2D eigenvalue weighted by atomic mass is 10.1. The van der Waals surface area contributed by atoms with E-state index in [4.69, 9.17) is 0 Å². The van der Waals surface area contributed by atoms with Crippen LogP contribution in [0.5, 0.6) is 0 Å². The molecule has 0 bridgehead atoms. The molecule has 0 saturated heterocycles. The second kappa shape index (κ2) is 2.39. The van der Waals surface area contributed by atoms with Crippen molar-refractivity contribution in [1.82, 2.24) is 4.98 Å². The Balaban J connectivity index is 2.24. The summed E-state index contributed by atoms with van der Waals surface area (Å²) in [6, 6.07) is 0. The minimum Gasteiger partial charge on any atom is -0.369 e. The predicted octanol–water partition coefficient (Wildman–Crippen LogP) is 1.70. The molecule has 3 rings (SSSR count). The van der Waals surface area contributed by atoms with Crippen LogP contribution in [0.25, 0.3) is 0 Å². The Labute approximate surface area is 75.8 Å². The number of thioether (sulfide) groups is 1. The molecule has 1 N–H and O–H groups in total. The maximum Gasteiger partial charge on any atom is 0.130 e. The average molecular weight is 178 g/mol. The van der Waals surface area contributed by atoms with E-state index in [0.717, 1.165) is 12.4 Å². The molecule has 0 atom stereocenters. The first-order valence-corrected chi connectivity index (χ1v) is 5.31. The van der Waals surface area contributed by atoms with E-state index in [9.17, 15) is 0 Å². The van der Waals surface area contributed by atoms with Gasteiger partial charge in [-0.3, -0.25) is 0 Å². The molecule has 0 unspecified atom stereocenters. The number of nitrogens with one attached hydrogen (secondary N) is 1. The van der Waals surface area contributed by atoms with E-state index >= 15 is 0 Å². The van der Waals surface area contributed by atoms with Crippen molar-refractivity contribution < 1.29 is 0 Å². The Kier molecular flexibility index (Phi) is 1.35. The van der Waals surface area contributed by atoms with Gasteiger partial charge in [0.1, 0.15) is 5.82 Å². The summed E-state index contributed by atoms with van der Waals surface area (Å²) >= 11 is 1.99. The molecule has 0 amide bonds. The highest BCUT2D eigenvalue weighted by Crippen LogP contribution is 2.38. The number of anilines is 1. The Morgan fingerprint density at radius 3 is 3.42 bits per heavy atom. The van der Waals surface area contributed by atoms with Gasteiger partial charge >= 0.3 is 0 Å². The van der Waals surface area contributed by atoms with E-state index in [2.05, 4.69) is 10.3 Å². The fourth-order valence-corrected chi connectivity index (χ4v) is 3.13. The molecule has 62 valence electrons. The van der Waals surface area contributed by atoms with Gasteiger partial charge < -0.3 is 5.32 Å². The summed E-state index contributed by atoms with van der Waals surface area (Å²) in [6.07, 6.45) is 4.41. The molecular formula is C9H10N2S. The highest BCUT2D eigenvalue weighted by Gasteiger charge is 2.22. The molecule has 3 heterocycles. The Hall–Kier alpha value is -0.700. The summed E-state index contributed by atoms with van der Waals surface area (Å²) in [5, 5.41) is 3.31. The third-order valence-corrected chi connectivity index (χ3v) is 3.69. The van der Waals surface area contributed by atoms with Crippen molar-refractivity contribution >= 4 is 17.6 Å². The van der Waals surface area contributed by atoms with Gasteiger partial charge in [0.05, 0.1) is 0 Å². The van der Waals surface area contributed by atoms with Crippen LogP contribution in [0.2, 0.25) is 0 Å². The third-order valence-electron chi connectivity index (χ3n) is 2.49. The highest BCUT2D eigenvalue weighted by atomic mass is 32.2. The maximum absolute atomic E-state index is 4.41. The summed E-state index contributed by atoms with van der Waals surface area (Å²) in [7, 11) is 0. The van der Waals surface area contributed by atoms with E-state index in [0.29, 0.717) is 0 Å². The standard InChI is InChI=1S/C9H10N2S/c1-3-10-9-7(1)8-6(5-11-9)2-4-12-8/h5H,1-4H2,(H,10,11). The van der Waals surface area contributed by atoms with E-state index in [1.54, 1.807) is 0 Å². The third kappa shape index (κ3) is 0.800. The zero-order chi connectivity index (χ0) is 7.97. The summed E-state index contributed by atoms with van der Waals surface area (Å²) in [5.74, 6) is 2.37. The molecule has 0 aromatic carbocycles. The van der Waals surface area contributed by atoms with Gasteiger partial charge in [-0.1, -0.05) is 0 Å². The molecule has 1 aromatic heterocycles. The Morgan fingerprint density at radius 2 is 2.42 bits per heavy atom. The Bertz CT molecular complexity index is 303. The predicted molar refractivity (Wildman–Crippen MR) is 50.9 cm³/mol. The molecule has 12 heavy (non-hydrogen) atoms. The lowest BCUT2D eigenvalue weighted by Gasteiger charge is -2.03. The summed E-state index contributed by atoms with van der Waals surface area (Å²) in [5.41, 5.74) is 2.93. The van der Waals surface area contributed by atoms with Crippen LogP contribution in [-0.2, 0) is 12.8 Å². The summed E-state index contributed by atoms with van der Waals surface area (Å²) < 4.78 is 0. The molecule has 2 aliphatic rings. The van der Waals surface area contributed by atoms with Gasteiger partial charge in [-0.25, -0.2) is 4.98 Å². The zero-order valence-corrected chi connectivity index (χ0v) is 7.58. The molecule has 2 nitrogen and oxygen atoms in total. The lowest BCUT2D eigenvalue weighted by Crippen LogP contribution is -1.93. The van der Waals surface area contributed by atoms with Crippen LogP contribution in [0.3, 0.4) is 0 Å². The number of hydrogen-bond donors (Lipinski definition) is 1. The van der Waals surface area contributed by atoms with Crippen molar-refractivity contribution in [2.24, 2.45) is 0 Å². The smallest absolute Gasteiger partial charge is 0.130 e. The number of nitrogens with zero attached hydrogens (tertiary/aromatic N) is 1. The number of aromatic nitrogens is 1. The molecular weight excluding hydrogens is 168 g/mol. The van der Waals surface area contributed by atoms with Crippen molar-refractivity contribution in [2.45, 2.75) is 17.7 Å². The number of aryl methyl sites for hydroxylation is 1. The van der Waals surface area contributed by atoms with Crippen LogP contribution in [0.15, 0.2) is 11.1 Å². The van der Waals surface area contributed by atoms with Gasteiger partial charge in [0, 0.05) is 29.0 Å². The first-order chi connectivity index (χ1) is 5.95. The first-order valence-electron chi connectivity index (χ1n) is 4.32. The monoisotopic (exact) mass is 178 g/mol. The van der Waals surface area contributed by atoms with E-state index in [-0.39, 0.29) is 0 Å². The molecule has 3 heteroatoms. The quantitative estimate of drug-likeness (QED) is 0.654. The number of rotatable bonds is 0. The van der Waals surface area contributed by atoms with Crippen LogP contribution < -0.4 is 5.32 Å². The van der Waals surface area contributed by atoms with Gasteiger partial charge in [0.2, 0.25) is 0 Å². The zero-order valence-electron chi connectivity index (χ0n) is 6.76. The number of pyridine rings is 1. The van der Waals surface area contributed by atoms with Gasteiger partial charge in [-0.15, -0.1) is 11.8 Å². The molecule has 0 saturated carbocycles. The van der Waals surface area contributed by atoms with E-state index in [1.807, 2.05) is 18.0 Å². The number of fused-ring (bicyclic) bond motifs is 3. The molecule has 0 aliphatic carbocycles. The normalized spacial score (nSPS) is 18.7. The van der Waals surface area contributed by atoms with Crippen LogP contribution in [-0.4, -0.2) is 17.3 Å². The number of hydrogen-bond acceptors (Lipinski definition) is 3. The van der Waals surface area contributed by atoms with Crippen molar-refractivity contribution in [1.29, 1.82) is 0 Å². The molecule has 0 fully saturated rings.